The van der Waals surface area contributed by atoms with Gasteiger partial charge in [0, 0.05) is 30.4 Å². The van der Waals surface area contributed by atoms with E-state index in [0.29, 0.717) is 17.1 Å². The van der Waals surface area contributed by atoms with Crippen LogP contribution in [0.25, 0.3) is 0 Å². The minimum atomic E-state index is -3.61. The first-order valence-corrected chi connectivity index (χ1v) is 8.73. The largest absolute Gasteiger partial charge is 0.376 e. The molecular weight excluding hydrogens is 306 g/mol. The average Bonchev–Trinajstić information content (AvgIpc) is 2.81. The molecule has 3 N–H and O–H groups in total. The Hall–Kier alpha value is -1.57. The number of hydrogen-bond donors (Lipinski definition) is 2. The third-order valence-corrected chi connectivity index (χ3v) is 5.74. The zero-order valence-electron chi connectivity index (χ0n) is 12.3. The lowest BCUT2D eigenvalue weighted by Gasteiger charge is -2.18. The first-order valence-electron chi connectivity index (χ1n) is 6.43. The zero-order valence-corrected chi connectivity index (χ0v) is 13.9. The van der Waals surface area contributed by atoms with Crippen molar-refractivity contribution >= 4 is 32.7 Å². The van der Waals surface area contributed by atoms with Crippen LogP contribution in [0, 0.1) is 6.92 Å². The minimum Gasteiger partial charge on any atom is -0.376 e. The molecule has 0 amide bonds. The second-order valence-corrected chi connectivity index (χ2v) is 7.85. The Balaban J connectivity index is 2.40. The molecule has 0 spiro atoms. The van der Waals surface area contributed by atoms with Crippen molar-refractivity contribution in [1.82, 2.24) is 0 Å². The highest BCUT2D eigenvalue weighted by molar-refractivity contribution is 7.93. The van der Waals surface area contributed by atoms with E-state index in [-0.39, 0.29) is 0 Å². The molecule has 2 rings (SSSR count). The fourth-order valence-corrected chi connectivity index (χ4v) is 4.63. The van der Waals surface area contributed by atoms with Gasteiger partial charge in [-0.2, -0.15) is 0 Å². The van der Waals surface area contributed by atoms with Crippen LogP contribution >= 0.6 is 11.3 Å². The second kappa shape index (κ2) is 6.05. The predicted octanol–water partition coefficient (Wildman–Crippen LogP) is 2.38. The summed E-state index contributed by atoms with van der Waals surface area (Å²) in [5.41, 5.74) is 6.95. The lowest BCUT2D eigenvalue weighted by Crippen LogP contribution is -2.17. The van der Waals surface area contributed by atoms with Gasteiger partial charge in [0.25, 0.3) is 10.0 Å². The van der Waals surface area contributed by atoms with Gasteiger partial charge in [0.05, 0.1) is 11.4 Å². The quantitative estimate of drug-likeness (QED) is 0.885. The molecule has 0 unspecified atom stereocenters. The molecular formula is C14H19N3O2S2. The van der Waals surface area contributed by atoms with Gasteiger partial charge in [-0.15, -0.1) is 11.3 Å². The predicted molar refractivity (Wildman–Crippen MR) is 88.5 cm³/mol. The Morgan fingerprint density at radius 2 is 1.95 bits per heavy atom. The molecule has 7 heteroatoms. The number of thiophene rings is 1. The standard InChI is InChI=1S/C14H19N3O2S2/c1-10-14(8-11(9-15)20-10)21(18,19)16-12-6-4-5-7-13(12)17(2)3/h4-8,16H,9,15H2,1-3H3. The molecule has 0 fully saturated rings. The van der Waals surface area contributed by atoms with Gasteiger partial charge < -0.3 is 10.6 Å². The van der Waals surface area contributed by atoms with E-state index in [1.165, 1.54) is 11.3 Å². The summed E-state index contributed by atoms with van der Waals surface area (Å²) < 4.78 is 27.8. The third kappa shape index (κ3) is 3.37. The van der Waals surface area contributed by atoms with Gasteiger partial charge in [0.1, 0.15) is 4.90 Å². The van der Waals surface area contributed by atoms with Crippen LogP contribution in [0.2, 0.25) is 0 Å². The van der Waals surface area contributed by atoms with Crippen LogP contribution in [0.1, 0.15) is 9.75 Å². The number of sulfonamides is 1. The summed E-state index contributed by atoms with van der Waals surface area (Å²) in [6, 6.07) is 8.93. The Bertz CT molecular complexity index is 736. The van der Waals surface area contributed by atoms with E-state index < -0.39 is 10.0 Å². The van der Waals surface area contributed by atoms with E-state index in [9.17, 15) is 8.42 Å². The first-order chi connectivity index (χ1) is 9.85. The van der Waals surface area contributed by atoms with Crippen LogP contribution in [0.4, 0.5) is 11.4 Å². The highest BCUT2D eigenvalue weighted by atomic mass is 32.2. The maximum atomic E-state index is 12.6. The summed E-state index contributed by atoms with van der Waals surface area (Å²) in [5, 5.41) is 0. The van der Waals surface area contributed by atoms with Gasteiger partial charge in [-0.3, -0.25) is 4.72 Å². The first kappa shape index (κ1) is 15.8. The summed E-state index contributed by atoms with van der Waals surface area (Å²) >= 11 is 1.41. The highest BCUT2D eigenvalue weighted by Crippen LogP contribution is 2.30. The summed E-state index contributed by atoms with van der Waals surface area (Å²) in [6.07, 6.45) is 0. The smallest absolute Gasteiger partial charge is 0.263 e. The molecule has 0 saturated carbocycles. The molecule has 1 aromatic heterocycles. The van der Waals surface area contributed by atoms with Crippen molar-refractivity contribution in [2.24, 2.45) is 5.73 Å². The fourth-order valence-electron chi connectivity index (χ4n) is 2.04. The molecule has 1 heterocycles. The molecule has 0 radical (unpaired) electrons. The summed E-state index contributed by atoms with van der Waals surface area (Å²) in [7, 11) is 0.130. The minimum absolute atomic E-state index is 0.293. The molecule has 0 bridgehead atoms. The number of nitrogens with two attached hydrogens (primary N) is 1. The molecule has 1 aromatic carbocycles. The summed E-state index contributed by atoms with van der Waals surface area (Å²) in [6.45, 7) is 2.13. The molecule has 0 aliphatic carbocycles. The van der Waals surface area contributed by atoms with E-state index in [1.54, 1.807) is 25.1 Å². The molecule has 0 aliphatic rings. The van der Waals surface area contributed by atoms with E-state index in [2.05, 4.69) is 4.72 Å². The molecule has 114 valence electrons. The Kier molecular flexibility index (Phi) is 4.55. The van der Waals surface area contributed by atoms with Gasteiger partial charge in [0.15, 0.2) is 0 Å². The number of anilines is 2. The van der Waals surface area contributed by atoms with Crippen LogP contribution in [0.5, 0.6) is 0 Å². The number of nitrogens with one attached hydrogen (secondary N) is 1. The number of aryl methyl sites for hydroxylation is 1. The highest BCUT2D eigenvalue weighted by Gasteiger charge is 2.21. The molecule has 0 aliphatic heterocycles. The maximum Gasteiger partial charge on any atom is 0.263 e. The molecule has 2 aromatic rings. The van der Waals surface area contributed by atoms with Crippen LogP contribution in [0.15, 0.2) is 35.2 Å². The van der Waals surface area contributed by atoms with Gasteiger partial charge in [-0.25, -0.2) is 8.42 Å². The lowest BCUT2D eigenvalue weighted by molar-refractivity contribution is 0.601. The number of benzene rings is 1. The number of nitrogens with zero attached hydrogens (tertiary/aromatic N) is 1. The average molecular weight is 325 g/mol. The van der Waals surface area contributed by atoms with Crippen molar-refractivity contribution < 1.29 is 8.42 Å². The summed E-state index contributed by atoms with van der Waals surface area (Å²) in [5.74, 6) is 0. The van der Waals surface area contributed by atoms with Crippen molar-refractivity contribution in [3.05, 3.63) is 40.1 Å². The van der Waals surface area contributed by atoms with Gasteiger partial charge in [-0.05, 0) is 25.1 Å². The van der Waals surface area contributed by atoms with Crippen molar-refractivity contribution in [3.63, 3.8) is 0 Å². The number of para-hydroxylation sites is 2. The van der Waals surface area contributed by atoms with E-state index in [4.69, 9.17) is 5.73 Å². The number of rotatable bonds is 5. The Morgan fingerprint density at radius 1 is 1.29 bits per heavy atom. The third-order valence-electron chi connectivity index (χ3n) is 3.04. The van der Waals surface area contributed by atoms with Gasteiger partial charge in [0.2, 0.25) is 0 Å². The van der Waals surface area contributed by atoms with Crippen molar-refractivity contribution in [2.75, 3.05) is 23.7 Å². The van der Waals surface area contributed by atoms with Crippen LogP contribution in [0.3, 0.4) is 0 Å². The SMILES string of the molecule is Cc1sc(CN)cc1S(=O)(=O)Nc1ccccc1N(C)C. The van der Waals surface area contributed by atoms with E-state index in [0.717, 1.165) is 15.4 Å². The monoisotopic (exact) mass is 325 g/mol. The van der Waals surface area contributed by atoms with Gasteiger partial charge in [-0.1, -0.05) is 12.1 Å². The molecule has 21 heavy (non-hydrogen) atoms. The summed E-state index contributed by atoms with van der Waals surface area (Å²) in [4.78, 5) is 3.75. The molecule has 0 saturated heterocycles. The Labute approximate surface area is 129 Å². The van der Waals surface area contributed by atoms with Crippen LogP contribution in [-0.4, -0.2) is 22.5 Å². The maximum absolute atomic E-state index is 12.6. The van der Waals surface area contributed by atoms with Crippen molar-refractivity contribution in [2.45, 2.75) is 18.4 Å². The van der Waals surface area contributed by atoms with Crippen molar-refractivity contribution in [1.29, 1.82) is 0 Å². The topological polar surface area (TPSA) is 75.4 Å². The van der Waals surface area contributed by atoms with Crippen LogP contribution in [-0.2, 0) is 16.6 Å². The fraction of sp³-hybridized carbons (Fsp3) is 0.286. The zero-order chi connectivity index (χ0) is 15.6. The molecule has 0 atom stereocenters. The van der Waals surface area contributed by atoms with Crippen LogP contribution < -0.4 is 15.4 Å². The van der Waals surface area contributed by atoms with Crippen molar-refractivity contribution in [3.8, 4) is 0 Å². The number of hydrogen-bond acceptors (Lipinski definition) is 5. The second-order valence-electron chi connectivity index (χ2n) is 4.85. The molecule has 5 nitrogen and oxygen atoms in total. The van der Waals surface area contributed by atoms with E-state index in [1.807, 2.05) is 31.1 Å². The normalized spacial score (nSPS) is 11.4. The Morgan fingerprint density at radius 3 is 2.52 bits per heavy atom. The van der Waals surface area contributed by atoms with E-state index >= 15 is 0 Å². The van der Waals surface area contributed by atoms with Gasteiger partial charge >= 0.3 is 0 Å². The lowest BCUT2D eigenvalue weighted by atomic mass is 10.2.